The van der Waals surface area contributed by atoms with Crippen LogP contribution in [0.1, 0.15) is 18.2 Å². The summed E-state index contributed by atoms with van der Waals surface area (Å²) in [5, 5.41) is 7.96. The van der Waals surface area contributed by atoms with Crippen molar-refractivity contribution < 1.29 is 14.3 Å². The molecule has 1 aromatic carbocycles. The van der Waals surface area contributed by atoms with Gasteiger partial charge in [0.05, 0.1) is 18.7 Å². The molecule has 0 unspecified atom stereocenters. The van der Waals surface area contributed by atoms with Crippen LogP contribution in [-0.2, 0) is 16.0 Å². The number of hydrogen-bond acceptors (Lipinski definition) is 5. The maximum Gasteiger partial charge on any atom is 0.413 e. The Morgan fingerprint density at radius 1 is 1.35 bits per heavy atom. The van der Waals surface area contributed by atoms with Crippen LogP contribution in [-0.4, -0.2) is 23.6 Å². The van der Waals surface area contributed by atoms with E-state index in [-0.39, 0.29) is 18.9 Å². The van der Waals surface area contributed by atoms with Crippen molar-refractivity contribution in [3.05, 3.63) is 39.9 Å². The van der Waals surface area contributed by atoms with Gasteiger partial charge in [0.1, 0.15) is 0 Å². The molecule has 2 N–H and O–H groups in total. The first-order valence-corrected chi connectivity index (χ1v) is 8.18. The zero-order valence-corrected chi connectivity index (χ0v) is 14.3. The molecule has 23 heavy (non-hydrogen) atoms. The van der Waals surface area contributed by atoms with Gasteiger partial charge in [-0.15, -0.1) is 11.3 Å². The second kappa shape index (κ2) is 7.94. The topological polar surface area (TPSA) is 80.3 Å². The molecule has 122 valence electrons. The average molecular weight is 354 g/mol. The number of amides is 2. The fourth-order valence-corrected chi connectivity index (χ4v) is 2.66. The summed E-state index contributed by atoms with van der Waals surface area (Å²) < 4.78 is 4.76. The Balaban J connectivity index is 1.94. The normalized spacial score (nSPS) is 10.2. The molecule has 1 aromatic heterocycles. The number of nitrogens with zero attached hydrogens (tertiary/aromatic N) is 1. The van der Waals surface area contributed by atoms with Gasteiger partial charge in [-0.3, -0.25) is 10.1 Å². The predicted octanol–water partition coefficient (Wildman–Crippen LogP) is 3.85. The molecule has 0 aliphatic rings. The van der Waals surface area contributed by atoms with E-state index in [2.05, 4.69) is 15.6 Å². The lowest BCUT2D eigenvalue weighted by atomic mass is 10.2. The van der Waals surface area contributed by atoms with Crippen molar-refractivity contribution in [3.8, 4) is 0 Å². The Hall–Kier alpha value is -2.12. The summed E-state index contributed by atoms with van der Waals surface area (Å²) in [5.74, 6) is -0.205. The minimum absolute atomic E-state index is 0.104. The third-order valence-electron chi connectivity index (χ3n) is 2.85. The highest BCUT2D eigenvalue weighted by Gasteiger charge is 2.11. The molecule has 0 radical (unpaired) electrons. The summed E-state index contributed by atoms with van der Waals surface area (Å²) in [6.07, 6.45) is -0.458. The van der Waals surface area contributed by atoms with E-state index in [1.54, 1.807) is 24.4 Å². The van der Waals surface area contributed by atoms with E-state index in [4.69, 9.17) is 16.3 Å². The van der Waals surface area contributed by atoms with E-state index in [1.807, 2.05) is 13.0 Å². The lowest BCUT2D eigenvalue weighted by Gasteiger charge is -2.08. The van der Waals surface area contributed by atoms with E-state index in [0.29, 0.717) is 21.5 Å². The molecule has 0 atom stereocenters. The van der Waals surface area contributed by atoms with Gasteiger partial charge in [-0.25, -0.2) is 9.78 Å². The van der Waals surface area contributed by atoms with Gasteiger partial charge in [-0.1, -0.05) is 17.7 Å². The smallest absolute Gasteiger partial charge is 0.413 e. The van der Waals surface area contributed by atoms with Crippen molar-refractivity contribution in [2.75, 3.05) is 17.2 Å². The highest BCUT2D eigenvalue weighted by atomic mass is 35.5. The SMILES string of the molecule is CCOC(=O)Nc1nc(CC(=O)Nc2cc(Cl)ccc2C)cs1. The fourth-order valence-electron chi connectivity index (χ4n) is 1.79. The molecule has 0 bridgehead atoms. The summed E-state index contributed by atoms with van der Waals surface area (Å²) in [4.78, 5) is 27.5. The Morgan fingerprint density at radius 2 is 2.13 bits per heavy atom. The standard InChI is InChI=1S/C15H16ClN3O3S/c1-3-22-15(21)19-14-17-11(8-23-14)7-13(20)18-12-6-10(16)5-4-9(12)2/h4-6,8H,3,7H2,1-2H3,(H,18,20)(H,17,19,21). The molecule has 0 fully saturated rings. The predicted molar refractivity (Wildman–Crippen MR) is 91.3 cm³/mol. The number of hydrogen-bond donors (Lipinski definition) is 2. The van der Waals surface area contributed by atoms with Gasteiger partial charge < -0.3 is 10.1 Å². The molecular weight excluding hydrogens is 338 g/mol. The van der Waals surface area contributed by atoms with Crippen molar-refractivity contribution in [2.45, 2.75) is 20.3 Å². The number of benzene rings is 1. The van der Waals surface area contributed by atoms with Crippen LogP contribution in [0.5, 0.6) is 0 Å². The van der Waals surface area contributed by atoms with Crippen LogP contribution >= 0.6 is 22.9 Å². The third-order valence-corrected chi connectivity index (χ3v) is 3.89. The van der Waals surface area contributed by atoms with E-state index in [0.717, 1.165) is 5.56 Å². The molecule has 0 saturated heterocycles. The minimum Gasteiger partial charge on any atom is -0.450 e. The molecule has 2 aromatic rings. The summed E-state index contributed by atoms with van der Waals surface area (Å²) >= 11 is 7.16. The van der Waals surface area contributed by atoms with Crippen LogP contribution in [0.25, 0.3) is 0 Å². The number of halogens is 1. The van der Waals surface area contributed by atoms with Gasteiger partial charge in [0.15, 0.2) is 5.13 Å². The van der Waals surface area contributed by atoms with E-state index in [1.165, 1.54) is 11.3 Å². The van der Waals surface area contributed by atoms with Gasteiger partial charge in [-0.2, -0.15) is 0 Å². The fraction of sp³-hybridized carbons (Fsp3) is 0.267. The van der Waals surface area contributed by atoms with Crippen LogP contribution in [0.15, 0.2) is 23.6 Å². The lowest BCUT2D eigenvalue weighted by Crippen LogP contribution is -2.16. The molecule has 0 spiro atoms. The summed E-state index contributed by atoms with van der Waals surface area (Å²) in [6.45, 7) is 3.89. The molecule has 8 heteroatoms. The monoisotopic (exact) mass is 353 g/mol. The Morgan fingerprint density at radius 3 is 2.87 bits per heavy atom. The summed E-state index contributed by atoms with van der Waals surface area (Å²) in [7, 11) is 0. The molecule has 2 amide bonds. The van der Waals surface area contributed by atoms with Gasteiger partial charge in [0.25, 0.3) is 0 Å². The number of carbonyl (C=O) groups is 2. The summed E-state index contributed by atoms with van der Waals surface area (Å²) in [6, 6.07) is 5.30. The number of aromatic nitrogens is 1. The molecule has 2 rings (SSSR count). The maximum atomic E-state index is 12.1. The zero-order valence-electron chi connectivity index (χ0n) is 12.7. The number of ether oxygens (including phenoxy) is 1. The first kappa shape index (κ1) is 17.2. The van der Waals surface area contributed by atoms with Crippen molar-refractivity contribution in [2.24, 2.45) is 0 Å². The summed E-state index contributed by atoms with van der Waals surface area (Å²) in [5.41, 5.74) is 2.16. The first-order valence-electron chi connectivity index (χ1n) is 6.92. The highest BCUT2D eigenvalue weighted by Crippen LogP contribution is 2.21. The molecule has 6 nitrogen and oxygen atoms in total. The molecule has 1 heterocycles. The maximum absolute atomic E-state index is 12.1. The zero-order chi connectivity index (χ0) is 16.8. The second-order valence-corrected chi connectivity index (χ2v) is 5.97. The van der Waals surface area contributed by atoms with Crippen LogP contribution < -0.4 is 10.6 Å². The van der Waals surface area contributed by atoms with E-state index in [9.17, 15) is 9.59 Å². The minimum atomic E-state index is -0.563. The largest absolute Gasteiger partial charge is 0.450 e. The van der Waals surface area contributed by atoms with Crippen molar-refractivity contribution >= 4 is 45.8 Å². The van der Waals surface area contributed by atoms with Gasteiger partial charge in [-0.05, 0) is 31.5 Å². The lowest BCUT2D eigenvalue weighted by molar-refractivity contribution is -0.115. The van der Waals surface area contributed by atoms with Gasteiger partial charge in [0.2, 0.25) is 5.91 Å². The number of aryl methyl sites for hydroxylation is 1. The van der Waals surface area contributed by atoms with Crippen LogP contribution in [0, 0.1) is 6.92 Å². The number of thiazole rings is 1. The van der Waals surface area contributed by atoms with Gasteiger partial charge in [0, 0.05) is 16.1 Å². The average Bonchev–Trinajstić information content (AvgIpc) is 2.90. The molecule has 0 aliphatic carbocycles. The molecule has 0 aliphatic heterocycles. The number of rotatable bonds is 5. The Labute approximate surface area is 142 Å². The quantitative estimate of drug-likeness (QED) is 0.855. The first-order chi connectivity index (χ1) is 11.0. The van der Waals surface area contributed by atoms with Crippen LogP contribution in [0.3, 0.4) is 0 Å². The third kappa shape index (κ3) is 5.22. The number of carbonyl (C=O) groups excluding carboxylic acids is 2. The number of nitrogens with one attached hydrogen (secondary N) is 2. The van der Waals surface area contributed by atoms with Crippen molar-refractivity contribution in [3.63, 3.8) is 0 Å². The van der Waals surface area contributed by atoms with Crippen molar-refractivity contribution in [1.82, 2.24) is 4.98 Å². The number of anilines is 2. The Bertz CT molecular complexity index is 718. The Kier molecular flexibility index (Phi) is 5.95. The highest BCUT2D eigenvalue weighted by molar-refractivity contribution is 7.13. The van der Waals surface area contributed by atoms with Gasteiger partial charge >= 0.3 is 6.09 Å². The van der Waals surface area contributed by atoms with Crippen LogP contribution in [0.2, 0.25) is 5.02 Å². The van der Waals surface area contributed by atoms with Crippen LogP contribution in [0.4, 0.5) is 15.6 Å². The molecular formula is C15H16ClN3O3S. The van der Waals surface area contributed by atoms with Crippen molar-refractivity contribution in [1.29, 1.82) is 0 Å². The molecule has 0 saturated carbocycles. The second-order valence-electron chi connectivity index (χ2n) is 4.67. The van der Waals surface area contributed by atoms with E-state index >= 15 is 0 Å². The van der Waals surface area contributed by atoms with E-state index < -0.39 is 6.09 Å².